The van der Waals surface area contributed by atoms with Crippen LogP contribution >= 0.6 is 23.1 Å². The fourth-order valence-corrected chi connectivity index (χ4v) is 3.71. The lowest BCUT2D eigenvalue weighted by Gasteiger charge is -2.18. The molecule has 1 N–H and O–H groups in total. The lowest BCUT2D eigenvalue weighted by Crippen LogP contribution is -2.24. The fourth-order valence-electron chi connectivity index (χ4n) is 2.16. The maximum Gasteiger partial charge on any atom is 0.316 e. The summed E-state index contributed by atoms with van der Waals surface area (Å²) >= 11 is 2.70. The normalized spacial score (nSPS) is 11.1. The highest BCUT2D eigenvalue weighted by Gasteiger charge is 2.17. The summed E-state index contributed by atoms with van der Waals surface area (Å²) in [6.07, 6.45) is 0. The number of ether oxygens (including phenoxy) is 2. The Morgan fingerprint density at radius 1 is 1.04 bits per heavy atom. The minimum atomic E-state index is -0.484. The van der Waals surface area contributed by atoms with Crippen LogP contribution in [0.3, 0.4) is 0 Å². The number of para-hydroxylation sites is 1. The molecule has 0 saturated carbocycles. The van der Waals surface area contributed by atoms with Gasteiger partial charge < -0.3 is 14.8 Å². The second-order valence-electron chi connectivity index (χ2n) is 6.81. The molecule has 0 bridgehead atoms. The third-order valence-electron chi connectivity index (χ3n) is 3.22. The van der Waals surface area contributed by atoms with Gasteiger partial charge in [-0.3, -0.25) is 4.79 Å². The van der Waals surface area contributed by atoms with Gasteiger partial charge in [0, 0.05) is 5.69 Å². The van der Waals surface area contributed by atoms with Crippen molar-refractivity contribution in [1.29, 1.82) is 0 Å². The predicted octanol–water partition coefficient (Wildman–Crippen LogP) is 5.51. The van der Waals surface area contributed by atoms with E-state index in [1.165, 1.54) is 23.1 Å². The summed E-state index contributed by atoms with van der Waals surface area (Å²) in [6.45, 7) is 5.54. The maximum atomic E-state index is 11.8. The number of esters is 1. The first-order chi connectivity index (χ1) is 13.4. The second kappa shape index (κ2) is 9.07. The molecule has 8 heteroatoms. The summed E-state index contributed by atoms with van der Waals surface area (Å²) in [5.41, 5.74) is 0.391. The number of carbonyl (C=O) groups is 1. The molecule has 0 fully saturated rings. The zero-order chi connectivity index (χ0) is 20.0. The van der Waals surface area contributed by atoms with Gasteiger partial charge in [-0.15, -0.1) is 10.2 Å². The Morgan fingerprint density at radius 2 is 1.71 bits per heavy atom. The molecule has 1 heterocycles. The minimum Gasteiger partial charge on any atom is -0.459 e. The monoisotopic (exact) mass is 415 g/mol. The van der Waals surface area contributed by atoms with Crippen molar-refractivity contribution in [1.82, 2.24) is 10.2 Å². The van der Waals surface area contributed by atoms with Crippen molar-refractivity contribution < 1.29 is 14.3 Å². The zero-order valence-corrected chi connectivity index (χ0v) is 17.5. The van der Waals surface area contributed by atoms with Crippen LogP contribution in [0.4, 0.5) is 10.8 Å². The number of carbonyl (C=O) groups excluding carboxylic acids is 1. The average molecular weight is 416 g/mol. The first kappa shape index (κ1) is 20.2. The Balaban J connectivity index is 1.51. The molecule has 0 amide bonds. The van der Waals surface area contributed by atoms with Crippen LogP contribution in [0.2, 0.25) is 0 Å². The number of benzene rings is 2. The number of thioether (sulfide) groups is 1. The molecule has 2 aromatic carbocycles. The van der Waals surface area contributed by atoms with Crippen LogP contribution in [-0.4, -0.2) is 27.5 Å². The molecular weight excluding hydrogens is 394 g/mol. The molecule has 3 rings (SSSR count). The van der Waals surface area contributed by atoms with Gasteiger partial charge in [-0.05, 0) is 57.2 Å². The third kappa shape index (κ3) is 6.54. The van der Waals surface area contributed by atoms with E-state index in [1.807, 2.05) is 75.4 Å². The number of rotatable bonds is 7. The summed E-state index contributed by atoms with van der Waals surface area (Å²) in [6, 6.07) is 17.2. The predicted molar refractivity (Wildman–Crippen MR) is 113 cm³/mol. The molecule has 0 spiro atoms. The summed E-state index contributed by atoms with van der Waals surface area (Å²) in [7, 11) is 0. The molecule has 0 aliphatic rings. The molecule has 28 heavy (non-hydrogen) atoms. The second-order valence-corrected chi connectivity index (χ2v) is 9.01. The Labute approximate surface area is 172 Å². The van der Waals surface area contributed by atoms with E-state index in [2.05, 4.69) is 15.5 Å². The van der Waals surface area contributed by atoms with Crippen LogP contribution in [0.25, 0.3) is 0 Å². The molecule has 146 valence electrons. The quantitative estimate of drug-likeness (QED) is 0.403. The highest BCUT2D eigenvalue weighted by atomic mass is 32.2. The van der Waals surface area contributed by atoms with Gasteiger partial charge in [0.15, 0.2) is 4.34 Å². The van der Waals surface area contributed by atoms with Crippen LogP contribution < -0.4 is 10.1 Å². The average Bonchev–Trinajstić information content (AvgIpc) is 3.09. The number of hydrogen-bond donors (Lipinski definition) is 1. The van der Waals surface area contributed by atoms with Crippen LogP contribution in [0.1, 0.15) is 20.8 Å². The van der Waals surface area contributed by atoms with Crippen molar-refractivity contribution in [3.8, 4) is 11.5 Å². The number of hydrogen-bond acceptors (Lipinski definition) is 8. The smallest absolute Gasteiger partial charge is 0.316 e. The van der Waals surface area contributed by atoms with Crippen LogP contribution in [0.5, 0.6) is 11.5 Å². The van der Waals surface area contributed by atoms with Crippen molar-refractivity contribution in [2.75, 3.05) is 11.1 Å². The Bertz CT molecular complexity index is 906. The summed E-state index contributed by atoms with van der Waals surface area (Å²) in [5, 5.41) is 12.1. The van der Waals surface area contributed by atoms with E-state index >= 15 is 0 Å². The number of nitrogens with one attached hydrogen (secondary N) is 1. The number of aromatic nitrogens is 2. The van der Waals surface area contributed by atoms with Gasteiger partial charge in [0.05, 0.1) is 5.75 Å². The van der Waals surface area contributed by atoms with Crippen molar-refractivity contribution in [2.45, 2.75) is 30.7 Å². The molecule has 1 aromatic heterocycles. The van der Waals surface area contributed by atoms with Gasteiger partial charge in [-0.2, -0.15) is 0 Å². The Kier molecular flexibility index (Phi) is 6.53. The Hall–Kier alpha value is -2.58. The maximum absolute atomic E-state index is 11.8. The van der Waals surface area contributed by atoms with Crippen molar-refractivity contribution in [2.24, 2.45) is 0 Å². The Morgan fingerprint density at radius 3 is 2.39 bits per heavy atom. The molecule has 3 aromatic rings. The molecule has 0 aliphatic heterocycles. The summed E-state index contributed by atoms with van der Waals surface area (Å²) in [4.78, 5) is 11.8. The van der Waals surface area contributed by atoms with Crippen LogP contribution in [0.15, 0.2) is 58.9 Å². The minimum absolute atomic E-state index is 0.206. The zero-order valence-electron chi connectivity index (χ0n) is 15.8. The molecular formula is C20H21N3O3S2. The lowest BCUT2D eigenvalue weighted by atomic mass is 10.2. The molecule has 0 aliphatic carbocycles. The molecule has 0 atom stereocenters. The molecule has 0 unspecified atom stereocenters. The number of anilines is 2. The highest BCUT2D eigenvalue weighted by Crippen LogP contribution is 2.29. The topological polar surface area (TPSA) is 73.3 Å². The largest absolute Gasteiger partial charge is 0.459 e. The van der Waals surface area contributed by atoms with Crippen molar-refractivity contribution in [3.63, 3.8) is 0 Å². The van der Waals surface area contributed by atoms with Gasteiger partial charge >= 0.3 is 5.97 Å². The first-order valence-electron chi connectivity index (χ1n) is 8.65. The van der Waals surface area contributed by atoms with Gasteiger partial charge in [0.25, 0.3) is 0 Å². The van der Waals surface area contributed by atoms with Gasteiger partial charge in [-0.1, -0.05) is 41.3 Å². The van der Waals surface area contributed by atoms with E-state index in [4.69, 9.17) is 9.47 Å². The van der Waals surface area contributed by atoms with Crippen molar-refractivity contribution in [3.05, 3.63) is 54.6 Å². The van der Waals surface area contributed by atoms with Crippen LogP contribution in [-0.2, 0) is 9.53 Å². The molecule has 0 saturated heterocycles. The van der Waals surface area contributed by atoms with Gasteiger partial charge in [0.1, 0.15) is 17.1 Å². The van der Waals surface area contributed by atoms with E-state index in [-0.39, 0.29) is 11.7 Å². The van der Waals surface area contributed by atoms with Crippen LogP contribution in [0, 0.1) is 0 Å². The third-order valence-corrected chi connectivity index (χ3v) is 5.17. The van der Waals surface area contributed by atoms with Gasteiger partial charge in [-0.25, -0.2) is 0 Å². The fraction of sp³-hybridized carbons (Fsp3) is 0.250. The first-order valence-corrected chi connectivity index (χ1v) is 10.5. The van der Waals surface area contributed by atoms with E-state index in [0.717, 1.165) is 17.2 Å². The van der Waals surface area contributed by atoms with E-state index < -0.39 is 5.60 Å². The lowest BCUT2D eigenvalue weighted by molar-refractivity contribution is -0.151. The van der Waals surface area contributed by atoms with E-state index in [9.17, 15) is 4.79 Å². The van der Waals surface area contributed by atoms with Gasteiger partial charge in [0.2, 0.25) is 5.13 Å². The molecule has 0 radical (unpaired) electrons. The number of nitrogens with zero attached hydrogens (tertiary/aromatic N) is 2. The molecule has 6 nitrogen and oxygen atoms in total. The highest BCUT2D eigenvalue weighted by molar-refractivity contribution is 8.01. The van der Waals surface area contributed by atoms with Crippen molar-refractivity contribution >= 4 is 39.9 Å². The summed E-state index contributed by atoms with van der Waals surface area (Å²) < 4.78 is 11.8. The summed E-state index contributed by atoms with van der Waals surface area (Å²) in [5.74, 6) is 1.48. The SMILES string of the molecule is CC(C)(C)OC(=O)CSc1nnc(Nc2ccc(Oc3ccccc3)cc2)s1. The standard InChI is InChI=1S/C20H21N3O3S2/c1-20(2,3)26-17(24)13-27-19-23-22-18(28-19)21-14-9-11-16(12-10-14)25-15-7-5-4-6-8-15/h4-12H,13H2,1-3H3,(H,21,22). The van der Waals surface area contributed by atoms with E-state index in [1.54, 1.807) is 0 Å². The van der Waals surface area contributed by atoms with E-state index in [0.29, 0.717) is 9.47 Å².